The Labute approximate surface area is 117 Å². The molecule has 2 rings (SSSR count). The van der Waals surface area contributed by atoms with Crippen molar-refractivity contribution >= 4 is 17.5 Å². The molecule has 0 aliphatic carbocycles. The molecular formula is C15H16N2O3. The zero-order valence-corrected chi connectivity index (χ0v) is 11.1. The Balaban J connectivity index is 1.92. The molecule has 0 heterocycles. The maximum Gasteiger partial charge on any atom is 0.411 e. The third kappa shape index (κ3) is 3.91. The lowest BCUT2D eigenvalue weighted by Gasteiger charge is -2.08. The Bertz CT molecular complexity index is 582. The highest BCUT2D eigenvalue weighted by molar-refractivity contribution is 5.84. The van der Waals surface area contributed by atoms with E-state index in [9.17, 15) is 9.90 Å². The zero-order chi connectivity index (χ0) is 14.4. The van der Waals surface area contributed by atoms with Gasteiger partial charge < -0.3 is 15.2 Å². The van der Waals surface area contributed by atoms with Crippen molar-refractivity contribution in [1.82, 2.24) is 0 Å². The number of anilines is 2. The molecule has 0 aromatic heterocycles. The monoisotopic (exact) mass is 272 g/mol. The van der Waals surface area contributed by atoms with Gasteiger partial charge in [0, 0.05) is 17.9 Å². The van der Waals surface area contributed by atoms with Crippen LogP contribution in [0.2, 0.25) is 0 Å². The highest BCUT2D eigenvalue weighted by Gasteiger charge is 2.00. The maximum atomic E-state index is 11.0. The summed E-state index contributed by atoms with van der Waals surface area (Å²) in [5, 5.41) is 15.2. The fourth-order valence-corrected chi connectivity index (χ4v) is 1.71. The molecule has 0 atom stereocenters. The van der Waals surface area contributed by atoms with Crippen molar-refractivity contribution in [3.63, 3.8) is 0 Å². The van der Waals surface area contributed by atoms with E-state index in [0.717, 1.165) is 11.3 Å². The number of hydrogen-bond donors (Lipinski definition) is 3. The van der Waals surface area contributed by atoms with Crippen LogP contribution in [0.15, 0.2) is 48.5 Å². The Morgan fingerprint density at radius 3 is 2.50 bits per heavy atom. The molecule has 0 aliphatic rings. The molecule has 0 spiro atoms. The Morgan fingerprint density at radius 2 is 1.85 bits per heavy atom. The molecule has 0 saturated heterocycles. The number of aromatic hydroxyl groups is 1. The van der Waals surface area contributed by atoms with E-state index in [0.29, 0.717) is 12.2 Å². The molecule has 0 fully saturated rings. The summed E-state index contributed by atoms with van der Waals surface area (Å²) in [4.78, 5) is 11.0. The second kappa shape index (κ2) is 6.47. The number of phenols is 1. The van der Waals surface area contributed by atoms with Gasteiger partial charge in [-0.1, -0.05) is 12.1 Å². The van der Waals surface area contributed by atoms with Crippen LogP contribution in [0.4, 0.5) is 16.2 Å². The number of amides is 1. The largest absolute Gasteiger partial charge is 0.508 e. The molecule has 1 amide bonds. The van der Waals surface area contributed by atoms with Gasteiger partial charge in [-0.05, 0) is 42.0 Å². The third-order valence-electron chi connectivity index (χ3n) is 2.72. The van der Waals surface area contributed by atoms with Gasteiger partial charge in [0.2, 0.25) is 0 Å². The summed E-state index contributed by atoms with van der Waals surface area (Å²) < 4.78 is 4.51. The summed E-state index contributed by atoms with van der Waals surface area (Å²) in [6.45, 7) is 0.609. The van der Waals surface area contributed by atoms with E-state index in [1.165, 1.54) is 7.11 Å². The van der Waals surface area contributed by atoms with E-state index in [2.05, 4.69) is 15.4 Å². The van der Waals surface area contributed by atoms with Crippen LogP contribution in [0, 0.1) is 0 Å². The van der Waals surface area contributed by atoms with Crippen molar-refractivity contribution in [2.24, 2.45) is 0 Å². The lowest BCUT2D eigenvalue weighted by Crippen LogP contribution is -2.10. The van der Waals surface area contributed by atoms with Gasteiger partial charge in [-0.2, -0.15) is 0 Å². The number of hydrogen-bond acceptors (Lipinski definition) is 4. The number of rotatable bonds is 4. The minimum atomic E-state index is -0.495. The molecule has 104 valence electrons. The highest BCUT2D eigenvalue weighted by Crippen LogP contribution is 2.16. The van der Waals surface area contributed by atoms with Crippen LogP contribution < -0.4 is 10.6 Å². The lowest BCUT2D eigenvalue weighted by molar-refractivity contribution is 0.187. The minimum Gasteiger partial charge on any atom is -0.508 e. The first kappa shape index (κ1) is 13.7. The van der Waals surface area contributed by atoms with Gasteiger partial charge in [-0.15, -0.1) is 0 Å². The quantitative estimate of drug-likeness (QED) is 0.799. The van der Waals surface area contributed by atoms with Gasteiger partial charge in [0.25, 0.3) is 0 Å². The van der Waals surface area contributed by atoms with Gasteiger partial charge in [0.05, 0.1) is 7.11 Å². The summed E-state index contributed by atoms with van der Waals surface area (Å²) in [6, 6.07) is 14.3. The van der Waals surface area contributed by atoms with E-state index < -0.39 is 6.09 Å². The van der Waals surface area contributed by atoms with Crippen molar-refractivity contribution in [1.29, 1.82) is 0 Å². The minimum absolute atomic E-state index is 0.252. The number of nitrogens with one attached hydrogen (secondary N) is 2. The number of phenolic OH excluding ortho intramolecular Hbond substituents is 1. The van der Waals surface area contributed by atoms with Crippen LogP contribution >= 0.6 is 0 Å². The fourth-order valence-electron chi connectivity index (χ4n) is 1.71. The number of ether oxygens (including phenoxy) is 1. The second-order valence-electron chi connectivity index (χ2n) is 4.22. The predicted molar refractivity (Wildman–Crippen MR) is 77.9 cm³/mol. The Hall–Kier alpha value is -2.69. The molecule has 5 heteroatoms. The number of carbonyl (C=O) groups excluding carboxylic acids is 1. The van der Waals surface area contributed by atoms with Crippen LogP contribution in [-0.2, 0) is 11.3 Å². The van der Waals surface area contributed by atoms with E-state index in [-0.39, 0.29) is 5.75 Å². The van der Waals surface area contributed by atoms with Crippen LogP contribution in [-0.4, -0.2) is 18.3 Å². The van der Waals surface area contributed by atoms with Crippen LogP contribution in [0.25, 0.3) is 0 Å². The van der Waals surface area contributed by atoms with Crippen molar-refractivity contribution < 1.29 is 14.6 Å². The molecule has 5 nitrogen and oxygen atoms in total. The summed E-state index contributed by atoms with van der Waals surface area (Å²) in [7, 11) is 1.32. The maximum absolute atomic E-state index is 11.0. The average Bonchev–Trinajstić information content (AvgIpc) is 2.46. The first-order chi connectivity index (χ1) is 9.67. The second-order valence-corrected chi connectivity index (χ2v) is 4.22. The Morgan fingerprint density at radius 1 is 1.15 bits per heavy atom. The molecule has 0 radical (unpaired) electrons. The molecule has 3 N–H and O–H groups in total. The lowest BCUT2D eigenvalue weighted by atomic mass is 10.2. The normalized spacial score (nSPS) is 9.85. The van der Waals surface area contributed by atoms with Crippen LogP contribution in [0.3, 0.4) is 0 Å². The van der Waals surface area contributed by atoms with E-state index >= 15 is 0 Å². The van der Waals surface area contributed by atoms with Crippen molar-refractivity contribution in [2.45, 2.75) is 6.54 Å². The number of carbonyl (C=O) groups is 1. The summed E-state index contributed by atoms with van der Waals surface area (Å²) in [5.41, 5.74) is 2.57. The summed E-state index contributed by atoms with van der Waals surface area (Å²) >= 11 is 0. The topological polar surface area (TPSA) is 70.6 Å². The van der Waals surface area contributed by atoms with E-state index in [1.807, 2.05) is 18.2 Å². The molecule has 20 heavy (non-hydrogen) atoms. The number of methoxy groups -OCH3 is 1. The van der Waals surface area contributed by atoms with Gasteiger partial charge in [-0.25, -0.2) is 4.79 Å². The van der Waals surface area contributed by atoms with Crippen molar-refractivity contribution in [2.75, 3.05) is 17.7 Å². The fraction of sp³-hybridized carbons (Fsp3) is 0.133. The summed E-state index contributed by atoms with van der Waals surface area (Å²) in [5.74, 6) is 0.252. The standard InChI is InChI=1S/C15H16N2O3/c1-20-15(19)17-13-7-5-12(6-8-13)16-10-11-3-2-4-14(18)9-11/h2-9,16,18H,10H2,1H3,(H,17,19). The van der Waals surface area contributed by atoms with E-state index in [1.54, 1.807) is 30.3 Å². The van der Waals surface area contributed by atoms with Gasteiger partial charge in [0.15, 0.2) is 0 Å². The highest BCUT2D eigenvalue weighted by atomic mass is 16.5. The van der Waals surface area contributed by atoms with E-state index in [4.69, 9.17) is 0 Å². The molecule has 0 bridgehead atoms. The molecule has 0 unspecified atom stereocenters. The Kier molecular flexibility index (Phi) is 4.44. The first-order valence-corrected chi connectivity index (χ1v) is 6.14. The molecule has 2 aromatic carbocycles. The molecule has 2 aromatic rings. The zero-order valence-electron chi connectivity index (χ0n) is 11.1. The number of benzene rings is 2. The average molecular weight is 272 g/mol. The van der Waals surface area contributed by atoms with Crippen LogP contribution in [0.5, 0.6) is 5.75 Å². The van der Waals surface area contributed by atoms with Gasteiger partial charge >= 0.3 is 6.09 Å². The van der Waals surface area contributed by atoms with Gasteiger partial charge in [-0.3, -0.25) is 5.32 Å². The van der Waals surface area contributed by atoms with Crippen molar-refractivity contribution in [3.8, 4) is 5.75 Å². The smallest absolute Gasteiger partial charge is 0.411 e. The molecule has 0 aliphatic heterocycles. The molecule has 0 saturated carbocycles. The predicted octanol–water partition coefficient (Wildman–Crippen LogP) is 3.18. The SMILES string of the molecule is COC(=O)Nc1ccc(NCc2cccc(O)c2)cc1. The third-order valence-corrected chi connectivity index (χ3v) is 2.72. The van der Waals surface area contributed by atoms with Crippen LogP contribution in [0.1, 0.15) is 5.56 Å². The first-order valence-electron chi connectivity index (χ1n) is 6.14. The van der Waals surface area contributed by atoms with Crippen molar-refractivity contribution in [3.05, 3.63) is 54.1 Å². The molecular weight excluding hydrogens is 256 g/mol. The van der Waals surface area contributed by atoms with Gasteiger partial charge in [0.1, 0.15) is 5.75 Å². The summed E-state index contributed by atoms with van der Waals surface area (Å²) in [6.07, 6.45) is -0.495.